The zero-order valence-electron chi connectivity index (χ0n) is 9.81. The minimum absolute atomic E-state index is 0.0130. The average Bonchev–Trinajstić information content (AvgIpc) is 2.31. The number of nitro groups is 1. The standard InChI is InChI=1S/C10H10F2N2O5/c1-2-19-7(15)3-5-8(14(17)18)6(9(11)12)4-13-10(5)16/h4,9H,2-3H2,1H3,(H,13,16). The Morgan fingerprint density at radius 1 is 1.58 bits per heavy atom. The number of carbonyl (C=O) groups excluding carboxylic acids is 1. The first-order valence-corrected chi connectivity index (χ1v) is 5.21. The van der Waals surface area contributed by atoms with Crippen LogP contribution in [0.3, 0.4) is 0 Å². The van der Waals surface area contributed by atoms with Gasteiger partial charge in [0.1, 0.15) is 11.1 Å². The Balaban J connectivity index is 3.35. The van der Waals surface area contributed by atoms with E-state index < -0.39 is 46.1 Å². The Morgan fingerprint density at radius 2 is 2.21 bits per heavy atom. The highest BCUT2D eigenvalue weighted by atomic mass is 19.3. The Bertz CT molecular complexity index is 555. The van der Waals surface area contributed by atoms with Crippen LogP contribution in [0.25, 0.3) is 0 Å². The molecule has 0 saturated heterocycles. The lowest BCUT2D eigenvalue weighted by Crippen LogP contribution is -2.21. The lowest BCUT2D eigenvalue weighted by molar-refractivity contribution is -0.387. The van der Waals surface area contributed by atoms with Crippen LogP contribution in [-0.2, 0) is 16.0 Å². The van der Waals surface area contributed by atoms with Gasteiger partial charge in [0, 0.05) is 6.20 Å². The lowest BCUT2D eigenvalue weighted by atomic mass is 10.1. The number of rotatable bonds is 5. The number of hydrogen-bond acceptors (Lipinski definition) is 5. The molecule has 0 bridgehead atoms. The number of ether oxygens (including phenoxy) is 1. The molecule has 0 fully saturated rings. The number of nitrogens with zero attached hydrogens (tertiary/aromatic N) is 1. The third-order valence-corrected chi connectivity index (χ3v) is 2.24. The predicted molar refractivity (Wildman–Crippen MR) is 59.0 cm³/mol. The molecule has 0 aromatic carbocycles. The lowest BCUT2D eigenvalue weighted by Gasteiger charge is -2.06. The smallest absolute Gasteiger partial charge is 0.310 e. The van der Waals surface area contributed by atoms with Crippen LogP contribution >= 0.6 is 0 Å². The summed E-state index contributed by atoms with van der Waals surface area (Å²) in [5.41, 5.74) is -3.60. The third-order valence-electron chi connectivity index (χ3n) is 2.24. The molecule has 0 aliphatic rings. The van der Waals surface area contributed by atoms with Crippen LogP contribution in [-0.4, -0.2) is 22.5 Å². The minimum Gasteiger partial charge on any atom is -0.466 e. The summed E-state index contributed by atoms with van der Waals surface area (Å²) in [5.74, 6) is -0.900. The zero-order valence-corrected chi connectivity index (χ0v) is 9.81. The van der Waals surface area contributed by atoms with E-state index in [2.05, 4.69) is 4.74 Å². The van der Waals surface area contributed by atoms with Gasteiger partial charge in [0.05, 0.1) is 18.0 Å². The molecule has 104 valence electrons. The van der Waals surface area contributed by atoms with E-state index in [0.29, 0.717) is 6.20 Å². The zero-order chi connectivity index (χ0) is 14.6. The maximum Gasteiger partial charge on any atom is 0.310 e. The van der Waals surface area contributed by atoms with Crippen molar-refractivity contribution in [1.29, 1.82) is 0 Å². The van der Waals surface area contributed by atoms with Crippen molar-refractivity contribution in [2.45, 2.75) is 19.8 Å². The summed E-state index contributed by atoms with van der Waals surface area (Å²) < 4.78 is 29.8. The fraction of sp³-hybridized carbons (Fsp3) is 0.400. The second-order valence-corrected chi connectivity index (χ2v) is 3.44. The number of hydrogen-bond donors (Lipinski definition) is 1. The van der Waals surface area contributed by atoms with E-state index in [1.54, 1.807) is 0 Å². The van der Waals surface area contributed by atoms with Gasteiger partial charge in [0.25, 0.3) is 17.7 Å². The van der Waals surface area contributed by atoms with Crippen molar-refractivity contribution in [3.8, 4) is 0 Å². The molecule has 1 rings (SSSR count). The van der Waals surface area contributed by atoms with Crippen molar-refractivity contribution in [3.63, 3.8) is 0 Å². The van der Waals surface area contributed by atoms with Crippen LogP contribution in [0.5, 0.6) is 0 Å². The quantitative estimate of drug-likeness (QED) is 0.496. The number of esters is 1. The highest BCUT2D eigenvalue weighted by Crippen LogP contribution is 2.29. The number of H-pyrrole nitrogens is 1. The van der Waals surface area contributed by atoms with Crippen LogP contribution in [0.4, 0.5) is 14.5 Å². The molecule has 0 saturated carbocycles. The minimum atomic E-state index is -3.14. The predicted octanol–water partition coefficient (Wildman–Crippen LogP) is 1.33. The Hall–Kier alpha value is -2.32. The SMILES string of the molecule is CCOC(=O)Cc1c([N+](=O)[O-])c(C(F)F)c[nH]c1=O. The number of alkyl halides is 2. The van der Waals surface area contributed by atoms with Crippen LogP contribution in [0.2, 0.25) is 0 Å². The molecule has 1 aromatic rings. The molecule has 0 spiro atoms. The first-order valence-electron chi connectivity index (χ1n) is 5.21. The summed E-state index contributed by atoms with van der Waals surface area (Å²) in [4.78, 5) is 34.3. The van der Waals surface area contributed by atoms with Gasteiger partial charge in [-0.25, -0.2) is 8.78 Å². The van der Waals surface area contributed by atoms with Gasteiger partial charge in [-0.2, -0.15) is 0 Å². The number of pyridine rings is 1. The average molecular weight is 276 g/mol. The Kier molecular flexibility index (Phi) is 4.67. The van der Waals surface area contributed by atoms with Gasteiger partial charge in [0.2, 0.25) is 0 Å². The Morgan fingerprint density at radius 3 is 2.68 bits per heavy atom. The van der Waals surface area contributed by atoms with Crippen molar-refractivity contribution in [2.24, 2.45) is 0 Å². The van der Waals surface area contributed by atoms with E-state index >= 15 is 0 Å². The van der Waals surface area contributed by atoms with E-state index in [1.165, 1.54) is 6.92 Å². The highest BCUT2D eigenvalue weighted by molar-refractivity contribution is 5.74. The van der Waals surface area contributed by atoms with Crippen LogP contribution in [0, 0.1) is 10.1 Å². The van der Waals surface area contributed by atoms with Gasteiger partial charge in [-0.05, 0) is 6.92 Å². The van der Waals surface area contributed by atoms with Crippen LogP contribution < -0.4 is 5.56 Å². The first-order chi connectivity index (χ1) is 8.88. The summed E-state index contributed by atoms with van der Waals surface area (Å²) >= 11 is 0. The number of aromatic nitrogens is 1. The summed E-state index contributed by atoms with van der Waals surface area (Å²) in [6, 6.07) is 0. The molecular formula is C10H10F2N2O5. The molecule has 9 heteroatoms. The number of halogens is 2. The normalized spacial score (nSPS) is 10.5. The number of nitrogens with one attached hydrogen (secondary N) is 1. The van der Waals surface area contributed by atoms with Gasteiger partial charge in [-0.1, -0.05) is 0 Å². The van der Waals surface area contributed by atoms with Crippen molar-refractivity contribution in [3.05, 3.63) is 37.8 Å². The van der Waals surface area contributed by atoms with Crippen LogP contribution in [0.15, 0.2) is 11.0 Å². The van der Waals surface area contributed by atoms with Gasteiger partial charge in [-0.3, -0.25) is 19.7 Å². The molecule has 1 heterocycles. The van der Waals surface area contributed by atoms with Gasteiger partial charge < -0.3 is 9.72 Å². The van der Waals surface area contributed by atoms with E-state index in [4.69, 9.17) is 0 Å². The second-order valence-electron chi connectivity index (χ2n) is 3.44. The topological polar surface area (TPSA) is 102 Å². The number of carbonyl (C=O) groups is 1. The molecule has 0 amide bonds. The van der Waals surface area contributed by atoms with Gasteiger partial charge in [0.15, 0.2) is 0 Å². The summed E-state index contributed by atoms with van der Waals surface area (Å²) in [7, 11) is 0. The first kappa shape index (κ1) is 14.7. The van der Waals surface area contributed by atoms with E-state index in [9.17, 15) is 28.5 Å². The monoisotopic (exact) mass is 276 g/mol. The summed E-state index contributed by atoms with van der Waals surface area (Å²) in [6.45, 7) is 1.52. The maximum absolute atomic E-state index is 12.6. The maximum atomic E-state index is 12.6. The summed E-state index contributed by atoms with van der Waals surface area (Å²) in [5, 5.41) is 10.8. The fourth-order valence-corrected chi connectivity index (χ4v) is 1.48. The molecule has 0 atom stereocenters. The van der Waals surface area contributed by atoms with Crippen molar-refractivity contribution in [1.82, 2.24) is 4.98 Å². The Labute approximate surface area is 105 Å². The van der Waals surface area contributed by atoms with Gasteiger partial charge >= 0.3 is 5.97 Å². The highest BCUT2D eigenvalue weighted by Gasteiger charge is 2.29. The third kappa shape index (κ3) is 3.33. The number of aromatic amines is 1. The van der Waals surface area contributed by atoms with Crippen molar-refractivity contribution in [2.75, 3.05) is 6.61 Å². The van der Waals surface area contributed by atoms with E-state index in [0.717, 1.165) is 0 Å². The largest absolute Gasteiger partial charge is 0.466 e. The molecule has 19 heavy (non-hydrogen) atoms. The molecule has 0 unspecified atom stereocenters. The molecule has 7 nitrogen and oxygen atoms in total. The van der Waals surface area contributed by atoms with E-state index in [1.807, 2.05) is 4.98 Å². The second kappa shape index (κ2) is 6.03. The van der Waals surface area contributed by atoms with Crippen molar-refractivity contribution >= 4 is 11.7 Å². The summed E-state index contributed by atoms with van der Waals surface area (Å²) in [6.07, 6.45) is -3.31. The van der Waals surface area contributed by atoms with Crippen molar-refractivity contribution < 1.29 is 23.2 Å². The van der Waals surface area contributed by atoms with Crippen LogP contribution in [0.1, 0.15) is 24.5 Å². The molecule has 0 aliphatic heterocycles. The van der Waals surface area contributed by atoms with E-state index in [-0.39, 0.29) is 6.61 Å². The van der Waals surface area contributed by atoms with Gasteiger partial charge in [-0.15, -0.1) is 0 Å². The fourth-order valence-electron chi connectivity index (χ4n) is 1.48. The molecular weight excluding hydrogens is 266 g/mol. The molecule has 0 radical (unpaired) electrons. The molecule has 1 N–H and O–H groups in total. The molecule has 1 aromatic heterocycles. The molecule has 0 aliphatic carbocycles.